The zero-order valence-corrected chi connectivity index (χ0v) is 7.53. The third kappa shape index (κ3) is 2.31. The van der Waals surface area contributed by atoms with Crippen LogP contribution in [0.15, 0.2) is 12.1 Å². The van der Waals surface area contributed by atoms with Crippen LogP contribution >= 0.6 is 11.3 Å². The summed E-state index contributed by atoms with van der Waals surface area (Å²) in [5.74, 6) is 0. The highest BCUT2D eigenvalue weighted by Crippen LogP contribution is 2.11. The zero-order valence-electron chi connectivity index (χ0n) is 6.72. The van der Waals surface area contributed by atoms with E-state index in [1.807, 2.05) is 32.4 Å². The fraction of sp³-hybridized carbons (Fsp3) is 0.375. The second kappa shape index (κ2) is 5.18. The van der Waals surface area contributed by atoms with E-state index in [1.165, 1.54) is 4.88 Å². The number of aromatic nitrogens is 1. The molecule has 0 bridgehead atoms. The molecule has 2 heteroatoms. The van der Waals surface area contributed by atoms with Gasteiger partial charge >= 0.3 is 0 Å². The van der Waals surface area contributed by atoms with Crippen molar-refractivity contribution in [3.05, 3.63) is 22.7 Å². The quantitative estimate of drug-likeness (QED) is 0.607. The molecule has 1 heterocycles. The number of thiazole rings is 1. The van der Waals surface area contributed by atoms with Gasteiger partial charge < -0.3 is 0 Å². The second-order valence-electron chi connectivity index (χ2n) is 1.51. The molecular weight excluding hydrogens is 142 g/mol. The Hall–Kier alpha value is -0.630. The Balaban J connectivity index is 0.000000371. The van der Waals surface area contributed by atoms with Gasteiger partial charge in [-0.15, -0.1) is 11.3 Å². The van der Waals surface area contributed by atoms with Gasteiger partial charge in [0.2, 0.25) is 0 Å². The van der Waals surface area contributed by atoms with Crippen LogP contribution in [0.4, 0.5) is 0 Å². The lowest BCUT2D eigenvalue weighted by Gasteiger charge is -1.80. The van der Waals surface area contributed by atoms with Crippen LogP contribution in [-0.2, 0) is 0 Å². The second-order valence-corrected chi connectivity index (χ2v) is 2.39. The third-order valence-electron chi connectivity index (χ3n) is 0.968. The topological polar surface area (TPSA) is 12.9 Å². The Kier molecular flexibility index (Phi) is 4.85. The largest absolute Gasteiger partial charge is 0.249 e. The molecule has 1 aromatic rings. The number of nitrogens with zero attached hydrogens (tertiary/aromatic N) is 1. The summed E-state index contributed by atoms with van der Waals surface area (Å²) in [5, 5.41) is 0. The van der Waals surface area contributed by atoms with Gasteiger partial charge in [-0.3, -0.25) is 0 Å². The van der Waals surface area contributed by atoms with E-state index in [9.17, 15) is 0 Å². The van der Waals surface area contributed by atoms with Crippen LogP contribution in [0.1, 0.15) is 24.4 Å². The Morgan fingerprint density at radius 3 is 2.40 bits per heavy atom. The number of hydrogen-bond donors (Lipinski definition) is 0. The van der Waals surface area contributed by atoms with Crippen LogP contribution in [0, 0.1) is 6.92 Å². The minimum absolute atomic E-state index is 1.07. The molecular formula is C8H13NS. The molecule has 10 heavy (non-hydrogen) atoms. The van der Waals surface area contributed by atoms with E-state index < -0.39 is 0 Å². The molecule has 1 aromatic heterocycles. The van der Waals surface area contributed by atoms with Crippen LogP contribution in [0.25, 0.3) is 6.08 Å². The molecule has 0 saturated heterocycles. The Labute approximate surface area is 66.4 Å². The average molecular weight is 155 g/mol. The van der Waals surface area contributed by atoms with Gasteiger partial charge in [-0.2, -0.15) is 0 Å². The van der Waals surface area contributed by atoms with Crippen molar-refractivity contribution in [2.45, 2.75) is 20.8 Å². The van der Waals surface area contributed by atoms with Crippen molar-refractivity contribution >= 4 is 17.4 Å². The summed E-state index contributed by atoms with van der Waals surface area (Å²) < 4.78 is 0. The first-order valence-electron chi connectivity index (χ1n) is 3.37. The Morgan fingerprint density at radius 1 is 1.60 bits per heavy atom. The van der Waals surface area contributed by atoms with E-state index in [-0.39, 0.29) is 0 Å². The molecule has 0 saturated carbocycles. The zero-order chi connectivity index (χ0) is 7.98. The molecule has 0 radical (unpaired) electrons. The molecule has 0 unspecified atom stereocenters. The van der Waals surface area contributed by atoms with Crippen LogP contribution in [0.2, 0.25) is 0 Å². The van der Waals surface area contributed by atoms with E-state index >= 15 is 0 Å². The van der Waals surface area contributed by atoms with Gasteiger partial charge in [0, 0.05) is 4.88 Å². The molecule has 0 aliphatic carbocycles. The minimum Gasteiger partial charge on any atom is -0.249 e. The highest BCUT2D eigenvalue weighted by Gasteiger charge is 1.91. The highest BCUT2D eigenvalue weighted by atomic mass is 32.1. The predicted octanol–water partition coefficient (Wildman–Crippen LogP) is 3.12. The van der Waals surface area contributed by atoms with Crippen molar-refractivity contribution in [3.8, 4) is 0 Å². The van der Waals surface area contributed by atoms with Gasteiger partial charge in [0.05, 0.1) is 11.2 Å². The maximum atomic E-state index is 4.03. The van der Waals surface area contributed by atoms with Crippen molar-refractivity contribution in [2.24, 2.45) is 0 Å². The van der Waals surface area contributed by atoms with Crippen LogP contribution in [0.5, 0.6) is 0 Å². The van der Waals surface area contributed by atoms with E-state index in [0.29, 0.717) is 0 Å². The third-order valence-corrected chi connectivity index (χ3v) is 1.89. The summed E-state index contributed by atoms with van der Waals surface area (Å²) in [6.45, 7) is 9.61. The predicted molar refractivity (Wildman–Crippen MR) is 48.3 cm³/mol. The first-order chi connectivity index (χ1) is 4.84. The summed E-state index contributed by atoms with van der Waals surface area (Å²) >= 11 is 1.62. The van der Waals surface area contributed by atoms with E-state index in [1.54, 1.807) is 11.3 Å². The molecule has 0 amide bonds. The summed E-state index contributed by atoms with van der Waals surface area (Å²) in [7, 11) is 0. The van der Waals surface area contributed by atoms with E-state index in [0.717, 1.165) is 5.69 Å². The number of rotatable bonds is 1. The summed E-state index contributed by atoms with van der Waals surface area (Å²) in [6, 6.07) is 0. The minimum atomic E-state index is 1.07. The van der Waals surface area contributed by atoms with Crippen molar-refractivity contribution in [3.63, 3.8) is 0 Å². The van der Waals surface area contributed by atoms with E-state index in [4.69, 9.17) is 0 Å². The highest BCUT2D eigenvalue weighted by molar-refractivity contribution is 7.10. The van der Waals surface area contributed by atoms with Crippen molar-refractivity contribution < 1.29 is 0 Å². The molecule has 56 valence electrons. The van der Waals surface area contributed by atoms with E-state index in [2.05, 4.69) is 11.6 Å². The van der Waals surface area contributed by atoms with Gasteiger partial charge in [0.15, 0.2) is 0 Å². The normalized spacial score (nSPS) is 7.90. The summed E-state index contributed by atoms with van der Waals surface area (Å²) in [4.78, 5) is 5.21. The van der Waals surface area contributed by atoms with Crippen LogP contribution in [0.3, 0.4) is 0 Å². The lowest BCUT2D eigenvalue weighted by atomic mass is 10.4. The maximum absolute atomic E-state index is 4.03. The fourth-order valence-electron chi connectivity index (χ4n) is 0.507. The smallest absolute Gasteiger partial charge is 0.0801 e. The van der Waals surface area contributed by atoms with Crippen molar-refractivity contribution in [1.82, 2.24) is 4.98 Å². The Bertz CT molecular complexity index is 191. The molecule has 0 aromatic carbocycles. The van der Waals surface area contributed by atoms with Crippen LogP contribution < -0.4 is 0 Å². The first kappa shape index (κ1) is 9.37. The molecule has 0 aliphatic rings. The monoisotopic (exact) mass is 155 g/mol. The average Bonchev–Trinajstić information content (AvgIpc) is 2.39. The maximum Gasteiger partial charge on any atom is 0.0801 e. The molecule has 1 rings (SSSR count). The van der Waals surface area contributed by atoms with Gasteiger partial charge in [0.1, 0.15) is 0 Å². The molecule has 0 N–H and O–H groups in total. The van der Waals surface area contributed by atoms with Gasteiger partial charge in [-0.25, -0.2) is 4.98 Å². The lowest BCUT2D eigenvalue weighted by molar-refractivity contribution is 1.26. The van der Waals surface area contributed by atoms with Crippen molar-refractivity contribution in [1.29, 1.82) is 0 Å². The molecule has 1 nitrogen and oxygen atoms in total. The molecule has 0 fully saturated rings. The Morgan fingerprint density at radius 2 is 2.20 bits per heavy atom. The first-order valence-corrected chi connectivity index (χ1v) is 4.25. The van der Waals surface area contributed by atoms with Gasteiger partial charge in [-0.1, -0.05) is 26.5 Å². The summed E-state index contributed by atoms with van der Waals surface area (Å²) in [5.41, 5.74) is 2.90. The molecule has 0 aliphatic heterocycles. The van der Waals surface area contributed by atoms with Gasteiger partial charge in [0.25, 0.3) is 0 Å². The lowest BCUT2D eigenvalue weighted by Crippen LogP contribution is -1.69. The molecule has 0 spiro atoms. The van der Waals surface area contributed by atoms with Crippen LogP contribution in [-0.4, -0.2) is 4.98 Å². The SMILES string of the molecule is C=Cc1scnc1C.CC. The standard InChI is InChI=1S/C6H7NS.C2H6/c1-3-6-5(2)7-4-8-6;1-2/h3-4H,1H2,2H3;1-2H3. The summed E-state index contributed by atoms with van der Waals surface area (Å²) in [6.07, 6.45) is 1.83. The fourth-order valence-corrected chi connectivity index (χ4v) is 1.15. The number of aryl methyl sites for hydroxylation is 1. The van der Waals surface area contributed by atoms with Crippen molar-refractivity contribution in [2.75, 3.05) is 0 Å². The van der Waals surface area contributed by atoms with Gasteiger partial charge in [-0.05, 0) is 6.92 Å². The number of hydrogen-bond acceptors (Lipinski definition) is 2. The molecule has 0 atom stereocenters.